The van der Waals surface area contributed by atoms with Crippen LogP contribution in [-0.4, -0.2) is 34.1 Å². The number of anilines is 1. The van der Waals surface area contributed by atoms with E-state index in [2.05, 4.69) is 0 Å². The predicted molar refractivity (Wildman–Crippen MR) is 100 cm³/mol. The van der Waals surface area contributed by atoms with Gasteiger partial charge in [-0.05, 0) is 57.2 Å². The molecule has 0 aliphatic heterocycles. The zero-order valence-corrected chi connectivity index (χ0v) is 16.0. The molecule has 6 nitrogen and oxygen atoms in total. The zero-order chi connectivity index (χ0) is 19.2. The molecule has 0 fully saturated rings. The van der Waals surface area contributed by atoms with E-state index >= 15 is 0 Å². The maximum Gasteiger partial charge on any atom is 0.340 e. The Balaban J connectivity index is 2.46. The highest BCUT2D eigenvalue weighted by molar-refractivity contribution is 7.92. The van der Waals surface area contributed by atoms with Crippen molar-refractivity contribution in [1.29, 1.82) is 0 Å². The Hall–Kier alpha value is -2.54. The summed E-state index contributed by atoms with van der Waals surface area (Å²) >= 11 is 0. The Bertz CT molecular complexity index is 846. The second kappa shape index (κ2) is 8.71. The second-order valence-corrected chi connectivity index (χ2v) is 7.17. The number of esters is 1. The number of carbonyl (C=O) groups excluding carboxylic acids is 1. The third-order valence-corrected chi connectivity index (χ3v) is 5.58. The van der Waals surface area contributed by atoms with Crippen LogP contribution in [0.1, 0.15) is 31.1 Å². The number of carbonyl (C=O) groups is 1. The predicted octanol–water partition coefficient (Wildman–Crippen LogP) is 3.48. The van der Waals surface area contributed by atoms with Gasteiger partial charge in [-0.1, -0.05) is 12.1 Å². The molecule has 0 aliphatic carbocycles. The lowest BCUT2D eigenvalue weighted by molar-refractivity contribution is 0.0527. The number of ether oxygens (including phenoxy) is 2. The normalized spacial score (nSPS) is 11.0. The van der Waals surface area contributed by atoms with Crippen molar-refractivity contribution in [2.75, 3.05) is 24.1 Å². The Labute approximate surface area is 154 Å². The summed E-state index contributed by atoms with van der Waals surface area (Å²) in [6.07, 6.45) is 0. The van der Waals surface area contributed by atoms with Crippen molar-refractivity contribution >= 4 is 21.7 Å². The van der Waals surface area contributed by atoms with Gasteiger partial charge < -0.3 is 9.47 Å². The Morgan fingerprint density at radius 1 is 0.962 bits per heavy atom. The highest BCUT2D eigenvalue weighted by atomic mass is 32.2. The summed E-state index contributed by atoms with van der Waals surface area (Å²) in [4.78, 5) is 12.3. The molecule has 0 N–H and O–H groups in total. The first-order valence-electron chi connectivity index (χ1n) is 8.47. The van der Waals surface area contributed by atoms with E-state index in [1.807, 2.05) is 6.92 Å². The van der Waals surface area contributed by atoms with E-state index in [-0.39, 0.29) is 23.6 Å². The molecule has 0 aliphatic rings. The molecule has 0 unspecified atom stereocenters. The summed E-state index contributed by atoms with van der Waals surface area (Å²) < 4.78 is 37.8. The first-order chi connectivity index (χ1) is 12.5. The number of nitrogens with zero attached hydrogens (tertiary/aromatic N) is 1. The molecule has 2 aromatic carbocycles. The maximum absolute atomic E-state index is 13.1. The lowest BCUT2D eigenvalue weighted by Gasteiger charge is -2.24. The van der Waals surface area contributed by atoms with Gasteiger partial charge in [0.05, 0.1) is 29.4 Å². The summed E-state index contributed by atoms with van der Waals surface area (Å²) in [5, 5.41) is 0. The van der Waals surface area contributed by atoms with Crippen molar-refractivity contribution in [1.82, 2.24) is 0 Å². The first-order valence-corrected chi connectivity index (χ1v) is 9.91. The van der Waals surface area contributed by atoms with Crippen LogP contribution in [0.25, 0.3) is 0 Å². The minimum Gasteiger partial charge on any atom is -0.494 e. The van der Waals surface area contributed by atoms with Gasteiger partial charge in [0.15, 0.2) is 0 Å². The molecule has 0 atom stereocenters. The minimum absolute atomic E-state index is 0.126. The van der Waals surface area contributed by atoms with Crippen LogP contribution in [0.15, 0.2) is 53.4 Å². The molecule has 0 bridgehead atoms. The third-order valence-electron chi connectivity index (χ3n) is 3.68. The SMILES string of the molecule is CCOC(=O)c1ccccc1N(CC)S(=O)(=O)c1ccc(OCC)cc1. The number of benzene rings is 2. The van der Waals surface area contributed by atoms with E-state index in [1.165, 1.54) is 16.4 Å². The molecule has 26 heavy (non-hydrogen) atoms. The fourth-order valence-corrected chi connectivity index (χ4v) is 4.04. The summed E-state index contributed by atoms with van der Waals surface area (Å²) in [7, 11) is -3.84. The third kappa shape index (κ3) is 4.16. The molecule has 0 spiro atoms. The molecule has 0 radical (unpaired) electrons. The van der Waals surface area contributed by atoms with Gasteiger partial charge in [0.1, 0.15) is 5.75 Å². The van der Waals surface area contributed by atoms with Crippen molar-refractivity contribution in [3.8, 4) is 5.75 Å². The van der Waals surface area contributed by atoms with E-state index in [4.69, 9.17) is 9.47 Å². The van der Waals surface area contributed by atoms with Gasteiger partial charge in [-0.2, -0.15) is 0 Å². The fourth-order valence-electron chi connectivity index (χ4n) is 2.54. The molecule has 0 amide bonds. The van der Waals surface area contributed by atoms with Gasteiger partial charge in [0.25, 0.3) is 10.0 Å². The van der Waals surface area contributed by atoms with Crippen molar-refractivity contribution < 1.29 is 22.7 Å². The summed E-state index contributed by atoms with van der Waals surface area (Å²) in [6, 6.07) is 12.7. The highest BCUT2D eigenvalue weighted by Crippen LogP contribution is 2.28. The lowest BCUT2D eigenvalue weighted by atomic mass is 10.2. The van der Waals surface area contributed by atoms with Gasteiger partial charge in [-0.25, -0.2) is 13.2 Å². The lowest BCUT2D eigenvalue weighted by Crippen LogP contribution is -2.32. The summed E-state index contributed by atoms with van der Waals surface area (Å²) in [5.74, 6) is 0.0462. The molecule has 2 aromatic rings. The molecule has 0 heterocycles. The molecular weight excluding hydrogens is 354 g/mol. The molecule has 0 aromatic heterocycles. The van der Waals surface area contributed by atoms with Gasteiger partial charge in [0.2, 0.25) is 0 Å². The average Bonchev–Trinajstić information content (AvgIpc) is 2.63. The Kier molecular flexibility index (Phi) is 6.63. The van der Waals surface area contributed by atoms with Crippen molar-refractivity contribution in [2.24, 2.45) is 0 Å². The van der Waals surface area contributed by atoms with Crippen molar-refractivity contribution in [2.45, 2.75) is 25.7 Å². The van der Waals surface area contributed by atoms with Crippen LogP contribution >= 0.6 is 0 Å². The highest BCUT2D eigenvalue weighted by Gasteiger charge is 2.27. The number of rotatable bonds is 8. The quantitative estimate of drug-likeness (QED) is 0.659. The molecule has 0 saturated heterocycles. The smallest absolute Gasteiger partial charge is 0.340 e. The number of hydrogen-bond donors (Lipinski definition) is 0. The first kappa shape index (κ1) is 19.8. The Morgan fingerprint density at radius 2 is 1.62 bits per heavy atom. The van der Waals surface area contributed by atoms with E-state index in [0.29, 0.717) is 18.0 Å². The van der Waals surface area contributed by atoms with Crippen molar-refractivity contribution in [3.05, 3.63) is 54.1 Å². The monoisotopic (exact) mass is 377 g/mol. The van der Waals surface area contributed by atoms with E-state index < -0.39 is 16.0 Å². The van der Waals surface area contributed by atoms with Gasteiger partial charge in [-0.15, -0.1) is 0 Å². The van der Waals surface area contributed by atoms with Gasteiger partial charge >= 0.3 is 5.97 Å². The van der Waals surface area contributed by atoms with E-state index in [1.54, 1.807) is 50.2 Å². The molecule has 7 heteroatoms. The molecular formula is C19H23NO5S. The number of hydrogen-bond acceptors (Lipinski definition) is 5. The number of sulfonamides is 1. The standard InChI is InChI=1S/C19H23NO5S/c1-4-20(18-10-8-7-9-17(18)19(21)25-6-3)26(22,23)16-13-11-15(12-14-16)24-5-2/h7-14H,4-6H2,1-3H3. The topological polar surface area (TPSA) is 72.9 Å². The van der Waals surface area contributed by atoms with Crippen LogP contribution in [-0.2, 0) is 14.8 Å². The zero-order valence-electron chi connectivity index (χ0n) is 15.1. The maximum atomic E-state index is 13.1. The van der Waals surface area contributed by atoms with Crippen LogP contribution in [0.2, 0.25) is 0 Å². The average molecular weight is 377 g/mol. The van der Waals surface area contributed by atoms with Crippen LogP contribution in [0.5, 0.6) is 5.75 Å². The van der Waals surface area contributed by atoms with E-state index in [0.717, 1.165) is 0 Å². The molecule has 140 valence electrons. The Morgan fingerprint density at radius 3 is 2.19 bits per heavy atom. The fraction of sp³-hybridized carbons (Fsp3) is 0.316. The van der Waals surface area contributed by atoms with Gasteiger partial charge in [0, 0.05) is 6.54 Å². The van der Waals surface area contributed by atoms with Crippen LogP contribution in [0, 0.1) is 0 Å². The molecule has 2 rings (SSSR count). The minimum atomic E-state index is -3.84. The summed E-state index contributed by atoms with van der Waals surface area (Å²) in [5.41, 5.74) is 0.507. The van der Waals surface area contributed by atoms with E-state index in [9.17, 15) is 13.2 Å². The van der Waals surface area contributed by atoms with Crippen LogP contribution in [0.3, 0.4) is 0 Å². The van der Waals surface area contributed by atoms with Crippen LogP contribution < -0.4 is 9.04 Å². The van der Waals surface area contributed by atoms with Crippen LogP contribution in [0.4, 0.5) is 5.69 Å². The number of para-hydroxylation sites is 1. The summed E-state index contributed by atoms with van der Waals surface area (Å²) in [6.45, 7) is 6.16. The van der Waals surface area contributed by atoms with Gasteiger partial charge in [-0.3, -0.25) is 4.31 Å². The van der Waals surface area contributed by atoms with Crippen molar-refractivity contribution in [3.63, 3.8) is 0 Å². The second-order valence-electron chi connectivity index (χ2n) is 5.31. The largest absolute Gasteiger partial charge is 0.494 e. The molecule has 0 saturated carbocycles.